The number of hydrogen-bond acceptors (Lipinski definition) is 5. The van der Waals surface area contributed by atoms with Crippen molar-refractivity contribution < 1.29 is 9.53 Å². The molecule has 1 aromatic heterocycles. The van der Waals surface area contributed by atoms with E-state index >= 15 is 0 Å². The van der Waals surface area contributed by atoms with Gasteiger partial charge in [0.2, 0.25) is 0 Å². The topological polar surface area (TPSA) is 48.9 Å². The van der Waals surface area contributed by atoms with Crippen LogP contribution in [0.5, 0.6) is 0 Å². The number of carbonyl (C=O) groups excluding carboxylic acids is 1. The lowest BCUT2D eigenvalue weighted by molar-refractivity contribution is 0.0303. The zero-order valence-electron chi connectivity index (χ0n) is 12.5. The quantitative estimate of drug-likeness (QED) is 0.784. The molecule has 1 amide bonds. The highest BCUT2D eigenvalue weighted by atomic mass is 16.5. The summed E-state index contributed by atoms with van der Waals surface area (Å²) in [6.45, 7) is 6.40. The molecule has 3 heterocycles. The number of carbonyl (C=O) groups is 1. The summed E-state index contributed by atoms with van der Waals surface area (Å²) < 4.78 is 5.32. The first kappa shape index (κ1) is 14.3. The Bertz CT molecular complexity index is 494. The van der Waals surface area contributed by atoms with E-state index < -0.39 is 0 Å². The Hall–Kier alpha value is -1.66. The number of pyridine rings is 1. The molecule has 0 spiro atoms. The largest absolute Gasteiger partial charge is 0.378 e. The Morgan fingerprint density at radius 3 is 2.57 bits per heavy atom. The van der Waals surface area contributed by atoms with E-state index in [2.05, 4.69) is 21.8 Å². The highest BCUT2D eigenvalue weighted by Crippen LogP contribution is 2.20. The predicted molar refractivity (Wildman–Crippen MR) is 80.7 cm³/mol. The zero-order chi connectivity index (χ0) is 14.7. The van der Waals surface area contributed by atoms with Crippen LogP contribution in [0.25, 0.3) is 0 Å². The molecule has 0 bridgehead atoms. The van der Waals surface area contributed by atoms with Gasteiger partial charge < -0.3 is 19.4 Å². The van der Waals surface area contributed by atoms with Crippen LogP contribution in [0.3, 0.4) is 0 Å². The Morgan fingerprint density at radius 1 is 1.14 bits per heavy atom. The van der Waals surface area contributed by atoms with Gasteiger partial charge in [0.1, 0.15) is 5.82 Å². The molecule has 0 aliphatic carbocycles. The predicted octanol–water partition coefficient (Wildman–Crippen LogP) is 0.306. The van der Waals surface area contributed by atoms with E-state index in [1.165, 1.54) is 0 Å². The maximum Gasteiger partial charge on any atom is 0.257 e. The van der Waals surface area contributed by atoms with E-state index in [1.807, 2.05) is 17.0 Å². The highest BCUT2D eigenvalue weighted by Gasteiger charge is 2.25. The zero-order valence-corrected chi connectivity index (χ0v) is 12.5. The van der Waals surface area contributed by atoms with Crippen molar-refractivity contribution in [2.75, 3.05) is 64.4 Å². The number of rotatable bonds is 2. The summed E-state index contributed by atoms with van der Waals surface area (Å²) in [5.74, 6) is 0.891. The first-order chi connectivity index (χ1) is 10.3. The van der Waals surface area contributed by atoms with Gasteiger partial charge in [0, 0.05) is 45.5 Å². The van der Waals surface area contributed by atoms with Crippen molar-refractivity contribution in [3.63, 3.8) is 0 Å². The SMILES string of the molecule is CN1CCN(c2ncccc2C(=O)N2CCOCC2)CC1. The van der Waals surface area contributed by atoms with Crippen molar-refractivity contribution in [1.29, 1.82) is 0 Å². The minimum atomic E-state index is 0.0697. The van der Waals surface area contributed by atoms with Crippen molar-refractivity contribution in [3.05, 3.63) is 23.9 Å². The minimum Gasteiger partial charge on any atom is -0.378 e. The summed E-state index contributed by atoms with van der Waals surface area (Å²) in [4.78, 5) is 23.6. The summed E-state index contributed by atoms with van der Waals surface area (Å²) in [7, 11) is 2.12. The third-order valence-corrected chi connectivity index (χ3v) is 4.12. The van der Waals surface area contributed by atoms with Crippen LogP contribution in [-0.2, 0) is 4.74 Å². The van der Waals surface area contributed by atoms with Crippen LogP contribution in [0.2, 0.25) is 0 Å². The van der Waals surface area contributed by atoms with Crippen LogP contribution in [0.4, 0.5) is 5.82 Å². The molecule has 2 fully saturated rings. The molecule has 114 valence electrons. The monoisotopic (exact) mass is 290 g/mol. The molecule has 21 heavy (non-hydrogen) atoms. The molecular formula is C15H22N4O2. The number of ether oxygens (including phenoxy) is 1. The fourth-order valence-corrected chi connectivity index (χ4v) is 2.77. The van der Waals surface area contributed by atoms with Gasteiger partial charge in [-0.05, 0) is 19.2 Å². The maximum atomic E-state index is 12.7. The van der Waals surface area contributed by atoms with Crippen LogP contribution in [-0.4, -0.2) is 80.2 Å². The van der Waals surface area contributed by atoms with Crippen LogP contribution < -0.4 is 4.90 Å². The molecular weight excluding hydrogens is 268 g/mol. The van der Waals surface area contributed by atoms with Gasteiger partial charge in [0.25, 0.3) is 5.91 Å². The standard InChI is InChI=1S/C15H22N4O2/c1-17-5-7-18(8-6-17)14-13(3-2-4-16-14)15(20)19-9-11-21-12-10-19/h2-4H,5-12H2,1H3. The van der Waals surface area contributed by atoms with Crippen molar-refractivity contribution >= 4 is 11.7 Å². The molecule has 2 aliphatic heterocycles. The van der Waals surface area contributed by atoms with Gasteiger partial charge in [-0.3, -0.25) is 4.79 Å². The lowest BCUT2D eigenvalue weighted by Crippen LogP contribution is -2.46. The smallest absolute Gasteiger partial charge is 0.257 e. The number of likely N-dealkylation sites (N-methyl/N-ethyl adjacent to an activating group) is 1. The average molecular weight is 290 g/mol. The van der Waals surface area contributed by atoms with Crippen LogP contribution in [0, 0.1) is 0 Å². The highest BCUT2D eigenvalue weighted by molar-refractivity contribution is 5.99. The molecule has 6 heteroatoms. The molecule has 0 saturated carbocycles. The van der Waals surface area contributed by atoms with Gasteiger partial charge >= 0.3 is 0 Å². The van der Waals surface area contributed by atoms with Gasteiger partial charge in [0.15, 0.2) is 0 Å². The number of hydrogen-bond donors (Lipinski definition) is 0. The number of aromatic nitrogens is 1. The molecule has 0 radical (unpaired) electrons. The van der Waals surface area contributed by atoms with E-state index in [9.17, 15) is 4.79 Å². The van der Waals surface area contributed by atoms with Crippen molar-refractivity contribution in [2.45, 2.75) is 0 Å². The third kappa shape index (κ3) is 3.16. The van der Waals surface area contributed by atoms with E-state index in [0.29, 0.717) is 31.9 Å². The van der Waals surface area contributed by atoms with Gasteiger partial charge in [-0.1, -0.05) is 0 Å². The van der Waals surface area contributed by atoms with E-state index in [4.69, 9.17) is 4.74 Å². The summed E-state index contributed by atoms with van der Waals surface area (Å²) in [5, 5.41) is 0. The third-order valence-electron chi connectivity index (χ3n) is 4.12. The molecule has 1 aromatic rings. The molecule has 2 saturated heterocycles. The molecule has 0 atom stereocenters. The molecule has 0 aromatic carbocycles. The average Bonchev–Trinajstić information content (AvgIpc) is 2.56. The fourth-order valence-electron chi connectivity index (χ4n) is 2.77. The van der Waals surface area contributed by atoms with Gasteiger partial charge in [0.05, 0.1) is 18.8 Å². The van der Waals surface area contributed by atoms with Crippen molar-refractivity contribution in [2.24, 2.45) is 0 Å². The van der Waals surface area contributed by atoms with Crippen LogP contribution >= 0.6 is 0 Å². The number of amides is 1. The number of piperazine rings is 1. The second kappa shape index (κ2) is 6.41. The normalized spacial score (nSPS) is 20.6. The lowest BCUT2D eigenvalue weighted by Gasteiger charge is -2.35. The maximum absolute atomic E-state index is 12.7. The van der Waals surface area contributed by atoms with E-state index in [0.717, 1.165) is 32.0 Å². The van der Waals surface area contributed by atoms with Crippen LogP contribution in [0.15, 0.2) is 18.3 Å². The fraction of sp³-hybridized carbons (Fsp3) is 0.600. The van der Waals surface area contributed by atoms with Gasteiger partial charge in [-0.15, -0.1) is 0 Å². The molecule has 3 rings (SSSR count). The molecule has 2 aliphatic rings. The number of nitrogens with zero attached hydrogens (tertiary/aromatic N) is 4. The molecule has 0 N–H and O–H groups in total. The molecule has 6 nitrogen and oxygen atoms in total. The second-order valence-electron chi connectivity index (χ2n) is 5.57. The Balaban J connectivity index is 1.80. The Kier molecular flexibility index (Phi) is 4.36. The number of morpholine rings is 1. The van der Waals surface area contributed by atoms with Gasteiger partial charge in [-0.25, -0.2) is 4.98 Å². The summed E-state index contributed by atoms with van der Waals surface area (Å²) in [5.41, 5.74) is 0.712. The minimum absolute atomic E-state index is 0.0697. The van der Waals surface area contributed by atoms with Gasteiger partial charge in [-0.2, -0.15) is 0 Å². The summed E-state index contributed by atoms with van der Waals surface area (Å²) >= 11 is 0. The lowest BCUT2D eigenvalue weighted by atomic mass is 10.2. The van der Waals surface area contributed by atoms with E-state index in [1.54, 1.807) is 6.20 Å². The second-order valence-corrected chi connectivity index (χ2v) is 5.57. The number of anilines is 1. The van der Waals surface area contributed by atoms with E-state index in [-0.39, 0.29) is 5.91 Å². The summed E-state index contributed by atoms with van der Waals surface area (Å²) in [6.07, 6.45) is 1.77. The van der Waals surface area contributed by atoms with Crippen molar-refractivity contribution in [1.82, 2.24) is 14.8 Å². The Labute approximate surface area is 125 Å². The summed E-state index contributed by atoms with van der Waals surface area (Å²) in [6, 6.07) is 3.73. The Morgan fingerprint density at radius 2 is 1.86 bits per heavy atom. The molecule has 0 unspecified atom stereocenters. The first-order valence-electron chi connectivity index (χ1n) is 7.51. The van der Waals surface area contributed by atoms with Crippen LogP contribution in [0.1, 0.15) is 10.4 Å². The van der Waals surface area contributed by atoms with Crippen molar-refractivity contribution in [3.8, 4) is 0 Å². The first-order valence-corrected chi connectivity index (χ1v) is 7.51.